The molecule has 2 aromatic carbocycles. The molecule has 2 N–H and O–H groups in total. The molecule has 2 amide bonds. The number of urea groups is 1. The monoisotopic (exact) mass is 493 g/mol. The van der Waals surface area contributed by atoms with Crippen LogP contribution in [0.1, 0.15) is 65.6 Å². The molecular formula is C28H35N3O5. The van der Waals surface area contributed by atoms with Crippen LogP contribution in [-0.2, 0) is 6.54 Å². The second kappa shape index (κ2) is 9.65. The Bertz CT molecular complexity index is 1170. The van der Waals surface area contributed by atoms with Crippen molar-refractivity contribution >= 4 is 17.7 Å². The third-order valence-corrected chi connectivity index (χ3v) is 7.77. The zero-order chi connectivity index (χ0) is 25.4. The highest BCUT2D eigenvalue weighted by atomic mass is 16.5. The van der Waals surface area contributed by atoms with E-state index in [-0.39, 0.29) is 22.9 Å². The number of benzene rings is 2. The summed E-state index contributed by atoms with van der Waals surface area (Å²) in [6, 6.07) is 9.21. The number of likely N-dealkylation sites (tertiary alicyclic amines) is 1. The highest BCUT2D eigenvalue weighted by Gasteiger charge is 2.45. The summed E-state index contributed by atoms with van der Waals surface area (Å²) >= 11 is 0. The average molecular weight is 494 g/mol. The van der Waals surface area contributed by atoms with Gasteiger partial charge in [-0.25, -0.2) is 9.59 Å². The molecule has 1 spiro atoms. The van der Waals surface area contributed by atoms with E-state index in [9.17, 15) is 14.7 Å². The zero-order valence-electron chi connectivity index (χ0n) is 21.3. The number of methoxy groups -OCH3 is 1. The zero-order valence-corrected chi connectivity index (χ0v) is 21.3. The molecular weight excluding hydrogens is 458 g/mol. The number of aromatic carboxylic acids is 1. The number of carboxylic acid groups (broad SMARTS) is 1. The summed E-state index contributed by atoms with van der Waals surface area (Å²) in [4.78, 5) is 28.5. The Labute approximate surface area is 212 Å². The van der Waals surface area contributed by atoms with Gasteiger partial charge < -0.3 is 19.9 Å². The summed E-state index contributed by atoms with van der Waals surface area (Å²) < 4.78 is 11.1. The Morgan fingerprint density at radius 3 is 2.56 bits per heavy atom. The van der Waals surface area contributed by atoms with Crippen molar-refractivity contribution in [1.29, 1.82) is 0 Å². The van der Waals surface area contributed by atoms with Gasteiger partial charge in [0.1, 0.15) is 17.1 Å². The molecule has 0 radical (unpaired) electrons. The van der Waals surface area contributed by atoms with Crippen molar-refractivity contribution < 1.29 is 24.2 Å². The Hall–Kier alpha value is -3.26. The van der Waals surface area contributed by atoms with Crippen LogP contribution in [-0.4, -0.2) is 60.9 Å². The van der Waals surface area contributed by atoms with Gasteiger partial charge in [-0.15, -0.1) is 0 Å². The summed E-state index contributed by atoms with van der Waals surface area (Å²) in [7, 11) is 1.44. The molecule has 192 valence electrons. The molecule has 2 heterocycles. The van der Waals surface area contributed by atoms with E-state index in [0.717, 1.165) is 38.2 Å². The van der Waals surface area contributed by atoms with Gasteiger partial charge in [-0.1, -0.05) is 6.07 Å². The number of carbonyl (C=O) groups excluding carboxylic acids is 1. The normalized spacial score (nSPS) is 19.4. The fourth-order valence-corrected chi connectivity index (χ4v) is 5.58. The molecule has 1 saturated carbocycles. The summed E-state index contributed by atoms with van der Waals surface area (Å²) in [5, 5.41) is 12.6. The molecule has 2 aliphatic heterocycles. The number of aryl methyl sites for hydroxylation is 1. The first-order chi connectivity index (χ1) is 17.3. The van der Waals surface area contributed by atoms with E-state index >= 15 is 0 Å². The topological polar surface area (TPSA) is 91.3 Å². The van der Waals surface area contributed by atoms with E-state index in [2.05, 4.69) is 29.3 Å². The lowest BCUT2D eigenvalue weighted by molar-refractivity contribution is 0.0693. The molecule has 0 unspecified atom stereocenters. The van der Waals surface area contributed by atoms with Crippen molar-refractivity contribution in [2.24, 2.45) is 0 Å². The minimum absolute atomic E-state index is 0.0815. The number of anilines is 1. The van der Waals surface area contributed by atoms with Gasteiger partial charge in [0, 0.05) is 31.4 Å². The molecule has 1 aliphatic carbocycles. The molecule has 0 aromatic heterocycles. The number of nitrogens with zero attached hydrogens (tertiary/aromatic N) is 2. The number of nitrogens with one attached hydrogen (secondary N) is 1. The lowest BCUT2D eigenvalue weighted by Crippen LogP contribution is -2.52. The van der Waals surface area contributed by atoms with Crippen LogP contribution in [0, 0.1) is 6.92 Å². The van der Waals surface area contributed by atoms with Crippen LogP contribution in [0.3, 0.4) is 0 Å². The first kappa shape index (κ1) is 24.4. The Kier molecular flexibility index (Phi) is 6.55. The van der Waals surface area contributed by atoms with Gasteiger partial charge in [-0.2, -0.15) is 0 Å². The predicted octanol–water partition coefficient (Wildman–Crippen LogP) is 4.54. The third kappa shape index (κ3) is 4.74. The number of hydrogen-bond donors (Lipinski definition) is 2. The highest BCUT2D eigenvalue weighted by molar-refractivity contribution is 5.97. The van der Waals surface area contributed by atoms with E-state index in [4.69, 9.17) is 9.47 Å². The minimum atomic E-state index is -1.06. The van der Waals surface area contributed by atoms with Crippen molar-refractivity contribution in [1.82, 2.24) is 10.2 Å². The van der Waals surface area contributed by atoms with Gasteiger partial charge in [0.15, 0.2) is 0 Å². The number of amides is 2. The van der Waals surface area contributed by atoms with Gasteiger partial charge >= 0.3 is 12.0 Å². The Morgan fingerprint density at radius 1 is 1.17 bits per heavy atom. The van der Waals surface area contributed by atoms with Gasteiger partial charge in [-0.05, 0) is 80.3 Å². The number of hydrogen-bond acceptors (Lipinski definition) is 5. The van der Waals surface area contributed by atoms with Crippen LogP contribution in [0.15, 0.2) is 30.3 Å². The molecule has 8 heteroatoms. The minimum Gasteiger partial charge on any atom is -0.496 e. The molecule has 0 bridgehead atoms. The molecule has 3 aliphatic rings. The number of carbonyl (C=O) groups is 2. The average Bonchev–Trinajstić information content (AvgIpc) is 3.66. The van der Waals surface area contributed by atoms with Crippen LogP contribution in [0.2, 0.25) is 0 Å². The van der Waals surface area contributed by atoms with Crippen molar-refractivity contribution in [3.05, 3.63) is 52.6 Å². The standard InChI is InChI=1S/C28H35N3O5/c1-4-36-24-14-20(23(13-18(24)2)19-5-6-19)16-30-11-9-28(10-12-30)17-31(27(34)29-28)21-7-8-22(26(32)33)25(15-21)35-3/h7-8,13-15,19H,4-6,9-12,16-17H2,1-3H3,(H,29,34)(H,32,33). The smallest absolute Gasteiger partial charge is 0.339 e. The third-order valence-electron chi connectivity index (χ3n) is 7.77. The molecule has 5 rings (SSSR count). The molecule has 0 atom stereocenters. The Morgan fingerprint density at radius 2 is 1.92 bits per heavy atom. The first-order valence-electron chi connectivity index (χ1n) is 12.8. The van der Waals surface area contributed by atoms with Gasteiger partial charge in [0.25, 0.3) is 0 Å². The molecule has 2 aromatic rings. The van der Waals surface area contributed by atoms with Crippen LogP contribution in [0.5, 0.6) is 11.5 Å². The van der Waals surface area contributed by atoms with Crippen LogP contribution in [0.25, 0.3) is 0 Å². The number of ether oxygens (including phenoxy) is 2. The van der Waals surface area contributed by atoms with Crippen molar-refractivity contribution in [3.8, 4) is 11.5 Å². The lowest BCUT2D eigenvalue weighted by atomic mass is 9.87. The van der Waals surface area contributed by atoms with E-state index in [1.54, 1.807) is 17.0 Å². The fraction of sp³-hybridized carbons (Fsp3) is 0.500. The quantitative estimate of drug-likeness (QED) is 0.561. The van der Waals surface area contributed by atoms with E-state index < -0.39 is 5.97 Å². The Balaban J connectivity index is 1.27. The molecule has 8 nitrogen and oxygen atoms in total. The van der Waals surface area contributed by atoms with Crippen molar-refractivity contribution in [2.45, 2.75) is 57.5 Å². The van der Waals surface area contributed by atoms with Crippen molar-refractivity contribution in [3.63, 3.8) is 0 Å². The molecule has 36 heavy (non-hydrogen) atoms. The molecule has 3 fully saturated rings. The van der Waals surface area contributed by atoms with E-state index in [1.807, 2.05) is 6.92 Å². The first-order valence-corrected chi connectivity index (χ1v) is 12.8. The van der Waals surface area contributed by atoms with Crippen molar-refractivity contribution in [2.75, 3.05) is 38.3 Å². The van der Waals surface area contributed by atoms with E-state index in [0.29, 0.717) is 24.8 Å². The van der Waals surface area contributed by atoms with Gasteiger partial charge in [0.05, 0.1) is 25.8 Å². The summed E-state index contributed by atoms with van der Waals surface area (Å²) in [5.41, 5.74) is 4.49. The summed E-state index contributed by atoms with van der Waals surface area (Å²) in [6.45, 7) is 8.07. The van der Waals surface area contributed by atoms with Gasteiger partial charge in [-0.3, -0.25) is 9.80 Å². The largest absolute Gasteiger partial charge is 0.496 e. The highest BCUT2D eigenvalue weighted by Crippen LogP contribution is 2.44. The second-order valence-electron chi connectivity index (χ2n) is 10.3. The fourth-order valence-electron chi connectivity index (χ4n) is 5.58. The van der Waals surface area contributed by atoms with E-state index in [1.165, 1.54) is 42.7 Å². The van der Waals surface area contributed by atoms with Crippen LogP contribution < -0.4 is 19.7 Å². The summed E-state index contributed by atoms with van der Waals surface area (Å²) in [5.74, 6) is 0.852. The number of carboxylic acids is 1. The lowest BCUT2D eigenvalue weighted by Gasteiger charge is -2.39. The maximum Gasteiger partial charge on any atom is 0.339 e. The number of piperidine rings is 1. The SMILES string of the molecule is CCOc1cc(CN2CCC3(CC2)CN(c2ccc(C(=O)O)c(OC)c2)C(=O)N3)c(C2CC2)cc1C. The molecule has 2 saturated heterocycles. The number of rotatable bonds is 8. The van der Waals surface area contributed by atoms with Crippen LogP contribution >= 0.6 is 0 Å². The van der Waals surface area contributed by atoms with Crippen LogP contribution in [0.4, 0.5) is 10.5 Å². The van der Waals surface area contributed by atoms with Gasteiger partial charge in [0.2, 0.25) is 0 Å². The maximum atomic E-state index is 12.9. The maximum absolute atomic E-state index is 12.9. The predicted molar refractivity (Wildman–Crippen MR) is 137 cm³/mol. The summed E-state index contributed by atoms with van der Waals surface area (Å²) in [6.07, 6.45) is 4.26. The second-order valence-corrected chi connectivity index (χ2v) is 10.3.